The Morgan fingerprint density at radius 3 is 2.81 bits per heavy atom. The van der Waals surface area contributed by atoms with Gasteiger partial charge in [-0.1, -0.05) is 24.3 Å². The van der Waals surface area contributed by atoms with Crippen LogP contribution in [0.4, 0.5) is 0 Å². The molecule has 0 aliphatic carbocycles. The molecule has 0 saturated heterocycles. The molecule has 1 aromatic rings. The molecular weight excluding hydrogens is 198 g/mol. The highest BCUT2D eigenvalue weighted by Crippen LogP contribution is 2.26. The predicted molar refractivity (Wildman–Crippen MR) is 66.6 cm³/mol. The average molecular weight is 219 g/mol. The Hall–Kier alpha value is -0.860. The third-order valence-electron chi connectivity index (χ3n) is 2.91. The lowest BCUT2D eigenvalue weighted by atomic mass is 9.97. The maximum Gasteiger partial charge on any atom is 0.0952 e. The van der Waals surface area contributed by atoms with Crippen molar-refractivity contribution < 1.29 is 4.74 Å². The van der Waals surface area contributed by atoms with E-state index in [4.69, 9.17) is 4.74 Å². The first kappa shape index (κ1) is 11.6. The molecule has 16 heavy (non-hydrogen) atoms. The minimum atomic E-state index is 0.149. The van der Waals surface area contributed by atoms with Gasteiger partial charge in [-0.2, -0.15) is 0 Å². The lowest BCUT2D eigenvalue weighted by molar-refractivity contribution is 0.0385. The first-order valence-electron chi connectivity index (χ1n) is 6.01. The van der Waals surface area contributed by atoms with E-state index in [0.29, 0.717) is 0 Å². The van der Waals surface area contributed by atoms with E-state index in [9.17, 15) is 0 Å². The number of fused-ring (bicyclic) bond motifs is 1. The number of benzene rings is 1. The van der Waals surface area contributed by atoms with Gasteiger partial charge in [-0.05, 0) is 38.3 Å². The van der Waals surface area contributed by atoms with Crippen molar-refractivity contribution in [1.82, 2.24) is 5.32 Å². The zero-order valence-electron chi connectivity index (χ0n) is 10.4. The number of hydrogen-bond acceptors (Lipinski definition) is 2. The van der Waals surface area contributed by atoms with Crippen molar-refractivity contribution in [2.45, 2.75) is 38.8 Å². The highest BCUT2D eigenvalue weighted by Gasteiger charge is 2.21. The minimum Gasteiger partial charge on any atom is -0.372 e. The van der Waals surface area contributed by atoms with Crippen molar-refractivity contribution >= 4 is 0 Å². The molecule has 1 atom stereocenters. The molecule has 0 aromatic heterocycles. The van der Waals surface area contributed by atoms with Gasteiger partial charge in [0, 0.05) is 12.1 Å². The first-order chi connectivity index (χ1) is 7.56. The maximum atomic E-state index is 5.84. The van der Waals surface area contributed by atoms with Crippen LogP contribution in [0.2, 0.25) is 0 Å². The van der Waals surface area contributed by atoms with E-state index in [1.807, 2.05) is 0 Å². The molecule has 2 nitrogen and oxygen atoms in total. The molecule has 1 heterocycles. The summed E-state index contributed by atoms with van der Waals surface area (Å²) < 4.78 is 5.84. The molecule has 1 N–H and O–H groups in total. The fourth-order valence-corrected chi connectivity index (χ4v) is 2.04. The highest BCUT2D eigenvalue weighted by atomic mass is 16.5. The molecule has 0 radical (unpaired) electrons. The third-order valence-corrected chi connectivity index (χ3v) is 2.91. The molecule has 2 rings (SSSR count). The molecule has 88 valence electrons. The molecule has 0 amide bonds. The quantitative estimate of drug-likeness (QED) is 0.825. The summed E-state index contributed by atoms with van der Waals surface area (Å²) in [6.07, 6.45) is 1.26. The minimum absolute atomic E-state index is 0.149. The number of hydrogen-bond donors (Lipinski definition) is 1. The van der Waals surface area contributed by atoms with Crippen molar-refractivity contribution in [2.24, 2.45) is 0 Å². The largest absolute Gasteiger partial charge is 0.372 e. The van der Waals surface area contributed by atoms with Gasteiger partial charge < -0.3 is 10.1 Å². The van der Waals surface area contributed by atoms with Crippen LogP contribution < -0.4 is 5.32 Å². The Kier molecular flexibility index (Phi) is 3.31. The van der Waals surface area contributed by atoms with Crippen LogP contribution in [0.15, 0.2) is 24.3 Å². The van der Waals surface area contributed by atoms with Crippen LogP contribution in [0.5, 0.6) is 0 Å². The summed E-state index contributed by atoms with van der Waals surface area (Å²) in [5, 5.41) is 3.51. The fourth-order valence-electron chi connectivity index (χ4n) is 2.04. The number of nitrogens with one attached hydrogen (secondary N) is 1. The summed E-state index contributed by atoms with van der Waals surface area (Å²) in [5.74, 6) is 0. The third kappa shape index (κ3) is 2.83. The highest BCUT2D eigenvalue weighted by molar-refractivity contribution is 5.31. The zero-order valence-corrected chi connectivity index (χ0v) is 10.4. The van der Waals surface area contributed by atoms with Crippen molar-refractivity contribution in [3.8, 4) is 0 Å². The van der Waals surface area contributed by atoms with E-state index in [0.717, 1.165) is 19.6 Å². The Bertz CT molecular complexity index is 354. The lowest BCUT2D eigenvalue weighted by Crippen LogP contribution is -2.40. The zero-order chi connectivity index (χ0) is 11.6. The molecule has 1 unspecified atom stereocenters. The molecule has 1 aliphatic rings. The Morgan fingerprint density at radius 2 is 2.06 bits per heavy atom. The van der Waals surface area contributed by atoms with E-state index >= 15 is 0 Å². The maximum absolute atomic E-state index is 5.84. The van der Waals surface area contributed by atoms with E-state index in [1.165, 1.54) is 11.1 Å². The van der Waals surface area contributed by atoms with Gasteiger partial charge in [0.05, 0.1) is 12.7 Å². The van der Waals surface area contributed by atoms with Crippen LogP contribution >= 0.6 is 0 Å². The van der Waals surface area contributed by atoms with Crippen molar-refractivity contribution in [2.75, 3.05) is 13.2 Å². The van der Waals surface area contributed by atoms with Gasteiger partial charge in [0.1, 0.15) is 0 Å². The second kappa shape index (κ2) is 4.56. The van der Waals surface area contributed by atoms with Gasteiger partial charge in [0.2, 0.25) is 0 Å². The molecule has 2 heteroatoms. The van der Waals surface area contributed by atoms with E-state index in [-0.39, 0.29) is 11.6 Å². The van der Waals surface area contributed by atoms with Gasteiger partial charge in [-0.3, -0.25) is 0 Å². The van der Waals surface area contributed by atoms with E-state index < -0.39 is 0 Å². The second-order valence-electron chi connectivity index (χ2n) is 5.44. The van der Waals surface area contributed by atoms with Crippen LogP contribution in [0, 0.1) is 0 Å². The fraction of sp³-hybridized carbons (Fsp3) is 0.571. The SMILES string of the molecule is CC(C)(C)NCC1OCCc2ccccc21. The van der Waals surface area contributed by atoms with Crippen LogP contribution in [0.25, 0.3) is 0 Å². The summed E-state index contributed by atoms with van der Waals surface area (Å²) in [7, 11) is 0. The average Bonchev–Trinajstić information content (AvgIpc) is 2.25. The predicted octanol–water partition coefficient (Wildman–Crippen LogP) is 2.69. The first-order valence-corrected chi connectivity index (χ1v) is 6.01. The van der Waals surface area contributed by atoms with Crippen LogP contribution in [-0.4, -0.2) is 18.7 Å². The summed E-state index contributed by atoms with van der Waals surface area (Å²) in [4.78, 5) is 0. The summed E-state index contributed by atoms with van der Waals surface area (Å²) >= 11 is 0. The van der Waals surface area contributed by atoms with Gasteiger partial charge >= 0.3 is 0 Å². The van der Waals surface area contributed by atoms with Gasteiger partial charge in [-0.15, -0.1) is 0 Å². The van der Waals surface area contributed by atoms with E-state index in [2.05, 4.69) is 50.4 Å². The normalized spacial score (nSPS) is 20.6. The molecule has 0 saturated carbocycles. The summed E-state index contributed by atoms with van der Waals surface area (Å²) in [6.45, 7) is 8.28. The van der Waals surface area contributed by atoms with Crippen LogP contribution in [-0.2, 0) is 11.2 Å². The monoisotopic (exact) mass is 219 g/mol. The number of rotatable bonds is 2. The Balaban J connectivity index is 2.07. The number of ether oxygens (including phenoxy) is 1. The van der Waals surface area contributed by atoms with Crippen molar-refractivity contribution in [1.29, 1.82) is 0 Å². The topological polar surface area (TPSA) is 21.3 Å². The smallest absolute Gasteiger partial charge is 0.0952 e. The second-order valence-corrected chi connectivity index (χ2v) is 5.44. The molecular formula is C14H21NO. The Morgan fingerprint density at radius 1 is 1.31 bits per heavy atom. The van der Waals surface area contributed by atoms with Crippen LogP contribution in [0.1, 0.15) is 38.0 Å². The molecule has 0 bridgehead atoms. The van der Waals surface area contributed by atoms with Crippen molar-refractivity contribution in [3.63, 3.8) is 0 Å². The van der Waals surface area contributed by atoms with E-state index in [1.54, 1.807) is 0 Å². The van der Waals surface area contributed by atoms with Crippen LogP contribution in [0.3, 0.4) is 0 Å². The molecule has 1 aromatic carbocycles. The van der Waals surface area contributed by atoms with Gasteiger partial charge in [0.15, 0.2) is 0 Å². The summed E-state index contributed by atoms with van der Waals surface area (Å²) in [5.41, 5.74) is 2.94. The van der Waals surface area contributed by atoms with Gasteiger partial charge in [0.25, 0.3) is 0 Å². The molecule has 0 spiro atoms. The molecule has 1 aliphatic heterocycles. The lowest BCUT2D eigenvalue weighted by Gasteiger charge is -2.29. The molecule has 0 fully saturated rings. The standard InChI is InChI=1S/C14H21NO/c1-14(2,3)15-10-13-12-7-5-4-6-11(12)8-9-16-13/h4-7,13,15H,8-10H2,1-3H3. The van der Waals surface area contributed by atoms with Crippen molar-refractivity contribution in [3.05, 3.63) is 35.4 Å². The Labute approximate surface area is 98.0 Å². The summed E-state index contributed by atoms with van der Waals surface area (Å²) in [6, 6.07) is 8.60. The van der Waals surface area contributed by atoms with Gasteiger partial charge in [-0.25, -0.2) is 0 Å².